The van der Waals surface area contributed by atoms with Crippen LogP contribution in [0.2, 0.25) is 0 Å². The lowest BCUT2D eigenvalue weighted by molar-refractivity contribution is 0.317. The second-order valence-corrected chi connectivity index (χ2v) is 2.28. The van der Waals surface area contributed by atoms with Crippen LogP contribution in [0.1, 0.15) is 13.8 Å². The Bertz CT molecular complexity index is 80.1. The van der Waals surface area contributed by atoms with Crippen LogP contribution in [0.4, 0.5) is 0 Å². The van der Waals surface area contributed by atoms with Gasteiger partial charge in [0.15, 0.2) is 0 Å². The van der Waals surface area contributed by atoms with Crippen LogP contribution in [0.15, 0.2) is 0 Å². The molecule has 1 saturated heterocycles. The van der Waals surface area contributed by atoms with Gasteiger partial charge in [0.05, 0.1) is 6.10 Å². The highest BCUT2D eigenvalue weighted by Gasteiger charge is 2.47. The van der Waals surface area contributed by atoms with Crippen molar-refractivity contribution in [2.75, 3.05) is 6.54 Å². The second-order valence-electron chi connectivity index (χ2n) is 2.28. The summed E-state index contributed by atoms with van der Waals surface area (Å²) in [4.78, 5) is 0. The molecule has 7 heavy (non-hydrogen) atoms. The molecule has 0 aromatic carbocycles. The third kappa shape index (κ3) is 0.640. The van der Waals surface area contributed by atoms with Gasteiger partial charge in [0, 0.05) is 6.54 Å². The molecule has 2 N–H and O–H groups in total. The predicted octanol–water partition coefficient (Wildman–Crippen LogP) is 0.122. The van der Waals surface area contributed by atoms with E-state index in [2.05, 4.69) is 0 Å². The zero-order chi connectivity index (χ0) is 5.49. The number of ether oxygens (including phenoxy) is 1. The standard InChI is InChI=1S/C5H11NO/c1-4-5(2,3-6)7-4/h4H,3,6H2,1-2H3. The molecular weight excluding hydrogens is 90.1 g/mol. The fourth-order valence-electron chi connectivity index (χ4n) is 0.584. The highest BCUT2D eigenvalue weighted by molar-refractivity contribution is 4.96. The molecule has 0 bridgehead atoms. The maximum Gasteiger partial charge on any atom is 0.104 e. The van der Waals surface area contributed by atoms with Gasteiger partial charge in [-0.2, -0.15) is 0 Å². The van der Waals surface area contributed by atoms with Crippen molar-refractivity contribution < 1.29 is 4.74 Å². The van der Waals surface area contributed by atoms with E-state index in [9.17, 15) is 0 Å². The van der Waals surface area contributed by atoms with Gasteiger partial charge in [0.25, 0.3) is 0 Å². The lowest BCUT2D eigenvalue weighted by atomic mass is 10.1. The molecule has 0 amide bonds. The molecule has 0 radical (unpaired) electrons. The summed E-state index contributed by atoms with van der Waals surface area (Å²) in [6.07, 6.45) is 0.387. The largest absolute Gasteiger partial charge is 0.365 e. The maximum absolute atomic E-state index is 5.33. The van der Waals surface area contributed by atoms with Gasteiger partial charge in [-0.05, 0) is 13.8 Å². The maximum atomic E-state index is 5.33. The van der Waals surface area contributed by atoms with Crippen LogP contribution < -0.4 is 5.73 Å². The number of hydrogen-bond donors (Lipinski definition) is 1. The van der Waals surface area contributed by atoms with Gasteiger partial charge in [-0.1, -0.05) is 0 Å². The van der Waals surface area contributed by atoms with E-state index in [1.54, 1.807) is 0 Å². The third-order valence-corrected chi connectivity index (χ3v) is 1.65. The molecular formula is C5H11NO. The van der Waals surface area contributed by atoms with Crippen molar-refractivity contribution in [2.24, 2.45) is 5.73 Å². The first-order valence-corrected chi connectivity index (χ1v) is 2.57. The van der Waals surface area contributed by atoms with Crippen molar-refractivity contribution in [3.05, 3.63) is 0 Å². The molecule has 0 aromatic rings. The Hall–Kier alpha value is -0.0800. The normalized spacial score (nSPS) is 49.3. The highest BCUT2D eigenvalue weighted by atomic mass is 16.6. The fourth-order valence-corrected chi connectivity index (χ4v) is 0.584. The van der Waals surface area contributed by atoms with Crippen molar-refractivity contribution in [1.29, 1.82) is 0 Å². The van der Waals surface area contributed by atoms with Gasteiger partial charge in [0.1, 0.15) is 5.60 Å². The summed E-state index contributed by atoms with van der Waals surface area (Å²) in [5, 5.41) is 0. The molecule has 1 fully saturated rings. The van der Waals surface area contributed by atoms with E-state index in [0.717, 1.165) is 0 Å². The van der Waals surface area contributed by atoms with E-state index in [4.69, 9.17) is 10.5 Å². The third-order valence-electron chi connectivity index (χ3n) is 1.65. The number of nitrogens with two attached hydrogens (primary N) is 1. The Morgan fingerprint density at radius 1 is 1.86 bits per heavy atom. The monoisotopic (exact) mass is 101 g/mol. The van der Waals surface area contributed by atoms with E-state index in [1.807, 2.05) is 13.8 Å². The van der Waals surface area contributed by atoms with Crippen molar-refractivity contribution in [2.45, 2.75) is 25.6 Å². The van der Waals surface area contributed by atoms with E-state index in [1.165, 1.54) is 0 Å². The first-order valence-electron chi connectivity index (χ1n) is 2.57. The van der Waals surface area contributed by atoms with Gasteiger partial charge >= 0.3 is 0 Å². The number of rotatable bonds is 1. The predicted molar refractivity (Wildman–Crippen MR) is 28.0 cm³/mol. The van der Waals surface area contributed by atoms with Crippen molar-refractivity contribution in [3.63, 3.8) is 0 Å². The minimum absolute atomic E-state index is 0.0278. The Morgan fingerprint density at radius 2 is 2.29 bits per heavy atom. The van der Waals surface area contributed by atoms with Crippen LogP contribution in [0.25, 0.3) is 0 Å². The van der Waals surface area contributed by atoms with Crippen molar-refractivity contribution >= 4 is 0 Å². The molecule has 42 valence electrons. The van der Waals surface area contributed by atoms with Crippen LogP contribution in [-0.2, 0) is 4.74 Å². The topological polar surface area (TPSA) is 38.5 Å². The first-order chi connectivity index (χ1) is 3.19. The molecule has 1 rings (SSSR count). The van der Waals surface area contributed by atoms with Crippen LogP contribution in [0, 0.1) is 0 Å². The van der Waals surface area contributed by atoms with Crippen LogP contribution >= 0.6 is 0 Å². The average molecular weight is 101 g/mol. The fraction of sp³-hybridized carbons (Fsp3) is 1.00. The highest BCUT2D eigenvalue weighted by Crippen LogP contribution is 2.33. The SMILES string of the molecule is CC1OC1(C)CN. The Morgan fingerprint density at radius 3 is 2.29 bits per heavy atom. The molecule has 2 unspecified atom stereocenters. The van der Waals surface area contributed by atoms with E-state index < -0.39 is 0 Å². The second kappa shape index (κ2) is 1.20. The Kier molecular flexibility index (Phi) is 0.869. The summed E-state index contributed by atoms with van der Waals surface area (Å²) in [6.45, 7) is 4.71. The molecule has 2 heteroatoms. The zero-order valence-electron chi connectivity index (χ0n) is 4.77. The molecule has 1 aliphatic rings. The zero-order valence-corrected chi connectivity index (χ0v) is 4.77. The summed E-state index contributed by atoms with van der Waals surface area (Å²) in [5.74, 6) is 0. The van der Waals surface area contributed by atoms with Crippen LogP contribution in [-0.4, -0.2) is 18.2 Å². The molecule has 1 heterocycles. The van der Waals surface area contributed by atoms with E-state index in [-0.39, 0.29) is 5.60 Å². The van der Waals surface area contributed by atoms with Gasteiger partial charge in [-0.3, -0.25) is 0 Å². The minimum atomic E-state index is 0.0278. The Balaban J connectivity index is 2.36. The number of hydrogen-bond acceptors (Lipinski definition) is 2. The summed E-state index contributed by atoms with van der Waals surface area (Å²) in [5.41, 5.74) is 5.36. The lowest BCUT2D eigenvalue weighted by Gasteiger charge is -1.94. The quantitative estimate of drug-likeness (QED) is 0.476. The molecule has 2 nitrogen and oxygen atoms in total. The summed E-state index contributed by atoms with van der Waals surface area (Å²) in [6, 6.07) is 0. The molecule has 2 atom stereocenters. The van der Waals surface area contributed by atoms with Gasteiger partial charge < -0.3 is 10.5 Å². The van der Waals surface area contributed by atoms with Crippen LogP contribution in [0.3, 0.4) is 0 Å². The summed E-state index contributed by atoms with van der Waals surface area (Å²) < 4.78 is 5.13. The lowest BCUT2D eigenvalue weighted by Crippen LogP contribution is -2.21. The summed E-state index contributed by atoms with van der Waals surface area (Å²) in [7, 11) is 0. The molecule has 0 spiro atoms. The number of epoxide rings is 1. The molecule has 0 saturated carbocycles. The molecule has 0 aliphatic carbocycles. The van der Waals surface area contributed by atoms with Crippen molar-refractivity contribution in [3.8, 4) is 0 Å². The minimum Gasteiger partial charge on any atom is -0.365 e. The molecule has 1 aliphatic heterocycles. The van der Waals surface area contributed by atoms with E-state index >= 15 is 0 Å². The smallest absolute Gasteiger partial charge is 0.104 e. The van der Waals surface area contributed by atoms with Crippen LogP contribution in [0.5, 0.6) is 0 Å². The van der Waals surface area contributed by atoms with E-state index in [0.29, 0.717) is 12.6 Å². The molecule has 0 aromatic heterocycles. The summed E-state index contributed by atoms with van der Waals surface area (Å²) >= 11 is 0. The first kappa shape index (κ1) is 5.06. The van der Waals surface area contributed by atoms with Gasteiger partial charge in [-0.25, -0.2) is 0 Å². The van der Waals surface area contributed by atoms with Crippen molar-refractivity contribution in [1.82, 2.24) is 0 Å². The van der Waals surface area contributed by atoms with Gasteiger partial charge in [0.2, 0.25) is 0 Å². The average Bonchev–Trinajstić information content (AvgIpc) is 2.18. The Labute approximate surface area is 43.6 Å². The van der Waals surface area contributed by atoms with Gasteiger partial charge in [-0.15, -0.1) is 0 Å².